The summed E-state index contributed by atoms with van der Waals surface area (Å²) in [5.74, 6) is 4.68. The number of hydrogen-bond donors (Lipinski definition) is 3. The van der Waals surface area contributed by atoms with Crippen molar-refractivity contribution in [3.63, 3.8) is 0 Å². The zero-order chi connectivity index (χ0) is 22.3. The molecule has 4 N–H and O–H groups in total. The third kappa shape index (κ3) is 3.99. The topological polar surface area (TPSA) is 121 Å². The zero-order valence-corrected chi connectivity index (χ0v) is 17.8. The number of nitrogen functional groups attached to an aromatic ring is 1. The zero-order valence-electron chi connectivity index (χ0n) is 17.8. The van der Waals surface area contributed by atoms with Crippen LogP contribution < -0.4 is 11.3 Å². The van der Waals surface area contributed by atoms with Crippen molar-refractivity contribution in [3.8, 4) is 11.1 Å². The highest BCUT2D eigenvalue weighted by Crippen LogP contribution is 2.34. The number of aromatic nitrogens is 2. The number of amides is 2. The minimum Gasteiger partial charge on any atom is -0.390 e. The number of carbonyl (C=O) groups is 2. The van der Waals surface area contributed by atoms with Gasteiger partial charge < -0.3 is 10.0 Å². The summed E-state index contributed by atoms with van der Waals surface area (Å²) < 4.78 is 0. The Kier molecular flexibility index (Phi) is 5.20. The van der Waals surface area contributed by atoms with Crippen LogP contribution in [0.1, 0.15) is 52.2 Å². The third-order valence-electron chi connectivity index (χ3n) is 5.60. The molecule has 0 saturated heterocycles. The first-order valence-electron chi connectivity index (χ1n) is 10.1. The molecule has 1 aliphatic rings. The molecule has 1 aliphatic heterocycles. The standard InChI is InChI=1S/C23H25N5O3/c1-13-4-5-15-11-18(21(29)25-24)26-27-20(15)19(13)14-6-7-17-16(10-14)12-28(22(17)30)9-8-23(2,3)31/h4-7,10-11,31H,8-9,12,24H2,1-3H3,(H,25,29). The summed E-state index contributed by atoms with van der Waals surface area (Å²) >= 11 is 0. The second kappa shape index (κ2) is 7.72. The predicted octanol–water partition coefficient (Wildman–Crippen LogP) is 2.33. The SMILES string of the molecule is Cc1ccc2cc(C(=O)NN)nnc2c1-c1ccc2c(c1)CN(CCC(C)(C)O)C2=O. The summed E-state index contributed by atoms with van der Waals surface area (Å²) in [6.07, 6.45) is 0.510. The van der Waals surface area contributed by atoms with Gasteiger partial charge >= 0.3 is 0 Å². The maximum Gasteiger partial charge on any atom is 0.285 e. The fourth-order valence-corrected chi connectivity index (χ4v) is 3.89. The number of hydrogen-bond acceptors (Lipinski definition) is 6. The molecule has 0 unspecified atom stereocenters. The van der Waals surface area contributed by atoms with Crippen LogP contribution in [0.2, 0.25) is 0 Å². The molecule has 0 aliphatic carbocycles. The van der Waals surface area contributed by atoms with Crippen molar-refractivity contribution in [1.82, 2.24) is 20.5 Å². The number of carbonyl (C=O) groups excluding carboxylic acids is 2. The van der Waals surface area contributed by atoms with Crippen molar-refractivity contribution < 1.29 is 14.7 Å². The Balaban J connectivity index is 1.71. The molecule has 0 spiro atoms. The van der Waals surface area contributed by atoms with E-state index in [1.807, 2.05) is 37.3 Å². The fraction of sp³-hybridized carbons (Fsp3) is 0.304. The van der Waals surface area contributed by atoms with Gasteiger partial charge in [0.2, 0.25) is 0 Å². The van der Waals surface area contributed by atoms with Crippen LogP contribution in [0.15, 0.2) is 36.4 Å². The van der Waals surface area contributed by atoms with Gasteiger partial charge in [-0.15, -0.1) is 10.2 Å². The average molecular weight is 419 g/mol. The van der Waals surface area contributed by atoms with E-state index >= 15 is 0 Å². The van der Waals surface area contributed by atoms with Crippen LogP contribution in [-0.4, -0.2) is 44.2 Å². The quantitative estimate of drug-likeness (QED) is 0.331. The predicted molar refractivity (Wildman–Crippen MR) is 117 cm³/mol. The van der Waals surface area contributed by atoms with Gasteiger partial charge in [-0.1, -0.05) is 18.2 Å². The first kappa shape index (κ1) is 20.9. The molecule has 8 heteroatoms. The molecule has 3 aromatic rings. The Bertz CT molecular complexity index is 1200. The summed E-state index contributed by atoms with van der Waals surface area (Å²) in [4.78, 5) is 26.3. The van der Waals surface area contributed by atoms with Gasteiger partial charge in [0.1, 0.15) is 5.52 Å². The van der Waals surface area contributed by atoms with Crippen LogP contribution in [-0.2, 0) is 6.54 Å². The van der Waals surface area contributed by atoms with Crippen LogP contribution in [0, 0.1) is 6.92 Å². The molecular formula is C23H25N5O3. The minimum atomic E-state index is -0.821. The smallest absolute Gasteiger partial charge is 0.285 e. The lowest BCUT2D eigenvalue weighted by Crippen LogP contribution is -2.31. The van der Waals surface area contributed by atoms with Gasteiger partial charge in [0, 0.05) is 29.6 Å². The highest BCUT2D eigenvalue weighted by Gasteiger charge is 2.29. The van der Waals surface area contributed by atoms with E-state index in [1.165, 1.54) is 0 Å². The van der Waals surface area contributed by atoms with Crippen molar-refractivity contribution in [2.24, 2.45) is 5.84 Å². The summed E-state index contributed by atoms with van der Waals surface area (Å²) in [7, 11) is 0. The Morgan fingerprint density at radius 1 is 1.23 bits per heavy atom. The van der Waals surface area contributed by atoms with E-state index in [4.69, 9.17) is 5.84 Å². The fourth-order valence-electron chi connectivity index (χ4n) is 3.89. The maximum atomic E-state index is 12.7. The Labute approximate surface area is 180 Å². The molecule has 0 fully saturated rings. The molecule has 0 bridgehead atoms. The van der Waals surface area contributed by atoms with E-state index in [-0.39, 0.29) is 11.6 Å². The second-order valence-electron chi connectivity index (χ2n) is 8.56. The van der Waals surface area contributed by atoms with Crippen LogP contribution in [0.4, 0.5) is 0 Å². The molecule has 0 radical (unpaired) electrons. The number of rotatable bonds is 5. The normalized spacial score (nSPS) is 13.6. The van der Waals surface area contributed by atoms with E-state index in [1.54, 1.807) is 24.8 Å². The molecule has 0 atom stereocenters. The van der Waals surface area contributed by atoms with Gasteiger partial charge in [-0.25, -0.2) is 5.84 Å². The van der Waals surface area contributed by atoms with E-state index in [9.17, 15) is 14.7 Å². The summed E-state index contributed by atoms with van der Waals surface area (Å²) in [6, 6.07) is 11.3. The lowest BCUT2D eigenvalue weighted by molar-refractivity contribution is 0.0517. The first-order valence-corrected chi connectivity index (χ1v) is 10.1. The Morgan fingerprint density at radius 2 is 2.00 bits per heavy atom. The number of nitrogens with zero attached hydrogens (tertiary/aromatic N) is 3. The van der Waals surface area contributed by atoms with E-state index < -0.39 is 11.5 Å². The van der Waals surface area contributed by atoms with Crippen molar-refractivity contribution in [1.29, 1.82) is 0 Å². The lowest BCUT2D eigenvalue weighted by atomic mass is 9.94. The van der Waals surface area contributed by atoms with Gasteiger partial charge in [-0.05, 0) is 62.1 Å². The van der Waals surface area contributed by atoms with Crippen LogP contribution in [0.5, 0.6) is 0 Å². The molecule has 8 nitrogen and oxygen atoms in total. The number of hydrazine groups is 1. The first-order chi connectivity index (χ1) is 14.7. The van der Waals surface area contributed by atoms with E-state index in [0.717, 1.165) is 27.6 Å². The van der Waals surface area contributed by atoms with Crippen LogP contribution in [0.3, 0.4) is 0 Å². The summed E-state index contributed by atoms with van der Waals surface area (Å²) in [6.45, 7) is 6.48. The highest BCUT2D eigenvalue weighted by atomic mass is 16.3. The van der Waals surface area contributed by atoms with Crippen LogP contribution in [0.25, 0.3) is 22.0 Å². The van der Waals surface area contributed by atoms with Gasteiger partial charge in [0.05, 0.1) is 5.60 Å². The number of nitrogens with one attached hydrogen (secondary N) is 1. The number of nitrogens with two attached hydrogens (primary N) is 1. The molecular weight excluding hydrogens is 394 g/mol. The highest BCUT2D eigenvalue weighted by molar-refractivity contribution is 6.02. The number of fused-ring (bicyclic) bond motifs is 2. The molecule has 2 aromatic carbocycles. The molecule has 4 rings (SSSR count). The monoisotopic (exact) mass is 419 g/mol. The van der Waals surface area contributed by atoms with Gasteiger partial charge in [-0.2, -0.15) is 0 Å². The van der Waals surface area contributed by atoms with Crippen molar-refractivity contribution >= 4 is 22.7 Å². The molecule has 160 valence electrons. The average Bonchev–Trinajstić information content (AvgIpc) is 3.05. The van der Waals surface area contributed by atoms with Gasteiger partial charge in [0.15, 0.2) is 5.69 Å². The van der Waals surface area contributed by atoms with E-state index in [0.29, 0.717) is 30.6 Å². The molecule has 2 heterocycles. The maximum absolute atomic E-state index is 12.7. The Hall–Kier alpha value is -3.36. The second-order valence-corrected chi connectivity index (χ2v) is 8.56. The third-order valence-corrected chi connectivity index (χ3v) is 5.60. The molecule has 31 heavy (non-hydrogen) atoms. The Morgan fingerprint density at radius 3 is 2.71 bits per heavy atom. The molecule has 0 saturated carbocycles. The number of aliphatic hydroxyl groups is 1. The lowest BCUT2D eigenvalue weighted by Gasteiger charge is -2.22. The largest absolute Gasteiger partial charge is 0.390 e. The number of benzene rings is 2. The van der Waals surface area contributed by atoms with E-state index in [2.05, 4.69) is 15.6 Å². The van der Waals surface area contributed by atoms with Gasteiger partial charge in [0.25, 0.3) is 11.8 Å². The van der Waals surface area contributed by atoms with Gasteiger partial charge in [-0.3, -0.25) is 15.0 Å². The molecule has 1 aromatic heterocycles. The van der Waals surface area contributed by atoms with Crippen molar-refractivity contribution in [3.05, 3.63) is 58.8 Å². The minimum absolute atomic E-state index is 0.0160. The van der Waals surface area contributed by atoms with Crippen molar-refractivity contribution in [2.45, 2.75) is 39.3 Å². The molecule has 2 amide bonds. The van der Waals surface area contributed by atoms with Crippen LogP contribution >= 0.6 is 0 Å². The number of aryl methyl sites for hydroxylation is 1. The summed E-state index contributed by atoms with van der Waals surface area (Å²) in [5, 5.41) is 19.1. The summed E-state index contributed by atoms with van der Waals surface area (Å²) in [5.41, 5.74) is 6.56. The van der Waals surface area contributed by atoms with Crippen molar-refractivity contribution in [2.75, 3.05) is 6.54 Å².